The van der Waals surface area contributed by atoms with E-state index >= 15 is 0 Å². The summed E-state index contributed by atoms with van der Waals surface area (Å²) >= 11 is 0. The molecule has 2 aliphatic rings. The minimum atomic E-state index is -0.325. The van der Waals surface area contributed by atoms with E-state index in [1.54, 1.807) is 17.9 Å². The molecule has 25 heavy (non-hydrogen) atoms. The topological polar surface area (TPSA) is 43.9 Å². The first-order chi connectivity index (χ1) is 11.8. The van der Waals surface area contributed by atoms with Crippen LogP contribution in [0, 0.1) is 12.7 Å². The predicted molar refractivity (Wildman–Crippen MR) is 93.9 cm³/mol. The van der Waals surface area contributed by atoms with Crippen LogP contribution in [0.4, 0.5) is 4.39 Å². The minimum absolute atomic E-state index is 0.0473. The van der Waals surface area contributed by atoms with Crippen LogP contribution < -0.4 is 0 Å². The predicted octanol–water partition coefficient (Wildman–Crippen LogP) is 1.90. The number of amides is 2. The largest absolute Gasteiger partial charge is 0.346 e. The summed E-state index contributed by atoms with van der Waals surface area (Å²) in [6, 6.07) is 4.31. The van der Waals surface area contributed by atoms with E-state index in [-0.39, 0.29) is 23.2 Å². The van der Waals surface area contributed by atoms with Gasteiger partial charge in [0.05, 0.1) is 0 Å². The Morgan fingerprint density at radius 3 is 2.64 bits per heavy atom. The Labute approximate surface area is 148 Å². The number of carbonyl (C=O) groups is 2. The maximum absolute atomic E-state index is 13.3. The summed E-state index contributed by atoms with van der Waals surface area (Å²) in [5.41, 5.74) is 1.05. The molecule has 2 saturated heterocycles. The second kappa shape index (κ2) is 6.75. The molecule has 3 rings (SSSR count). The number of hydrogen-bond acceptors (Lipinski definition) is 3. The Morgan fingerprint density at radius 2 is 1.92 bits per heavy atom. The van der Waals surface area contributed by atoms with Crippen molar-refractivity contribution in [2.24, 2.45) is 0 Å². The van der Waals surface area contributed by atoms with Gasteiger partial charge in [-0.25, -0.2) is 4.39 Å². The number of carbonyl (C=O) groups excluding carboxylic acids is 2. The maximum atomic E-state index is 13.3. The number of piperazine rings is 1. The molecule has 1 atom stereocenters. The summed E-state index contributed by atoms with van der Waals surface area (Å²) in [5, 5.41) is 0. The molecule has 6 heteroatoms. The quantitative estimate of drug-likeness (QED) is 0.779. The molecule has 0 bridgehead atoms. The van der Waals surface area contributed by atoms with Crippen molar-refractivity contribution < 1.29 is 14.0 Å². The average Bonchev–Trinajstić information content (AvgIpc) is 2.71. The summed E-state index contributed by atoms with van der Waals surface area (Å²) < 4.78 is 13.3. The highest BCUT2D eigenvalue weighted by atomic mass is 19.1. The molecule has 0 radical (unpaired) electrons. The third-order valence-electron chi connectivity index (χ3n) is 5.85. The van der Waals surface area contributed by atoms with Gasteiger partial charge in [0.1, 0.15) is 5.82 Å². The van der Waals surface area contributed by atoms with Crippen LogP contribution in [0.25, 0.3) is 0 Å². The van der Waals surface area contributed by atoms with E-state index in [9.17, 15) is 14.0 Å². The van der Waals surface area contributed by atoms with Crippen molar-refractivity contribution >= 4 is 11.8 Å². The molecular weight excluding hydrogens is 321 g/mol. The fourth-order valence-corrected chi connectivity index (χ4v) is 3.97. The van der Waals surface area contributed by atoms with Gasteiger partial charge < -0.3 is 9.80 Å². The standard InChI is InChI=1S/C19H26FN3O2/c1-14-12-15(20)4-5-16(14)18(25)23-11-10-22(3)19(13-23)7-6-17(24)21(2)9-8-19/h4-5,12H,6-11,13H2,1-3H3/t19-/m1/s1. The molecule has 5 nitrogen and oxygen atoms in total. The molecule has 2 heterocycles. The third-order valence-corrected chi connectivity index (χ3v) is 5.85. The van der Waals surface area contributed by atoms with Gasteiger partial charge in [-0.15, -0.1) is 0 Å². The second-order valence-corrected chi connectivity index (χ2v) is 7.40. The van der Waals surface area contributed by atoms with Gasteiger partial charge in [-0.05, 0) is 50.6 Å². The highest BCUT2D eigenvalue weighted by Gasteiger charge is 2.43. The van der Waals surface area contributed by atoms with Gasteiger partial charge in [-0.2, -0.15) is 0 Å². The SMILES string of the molecule is Cc1cc(F)ccc1C(=O)N1CCN(C)[C@@]2(CCC(=O)N(C)CC2)C1. The zero-order valence-corrected chi connectivity index (χ0v) is 15.2. The number of benzene rings is 1. The zero-order chi connectivity index (χ0) is 18.2. The molecule has 136 valence electrons. The normalized spacial score (nSPS) is 25.4. The lowest BCUT2D eigenvalue weighted by Gasteiger charge is -2.49. The fourth-order valence-electron chi connectivity index (χ4n) is 3.97. The second-order valence-electron chi connectivity index (χ2n) is 7.40. The summed E-state index contributed by atoms with van der Waals surface area (Å²) in [7, 11) is 3.93. The Morgan fingerprint density at radius 1 is 1.16 bits per heavy atom. The number of rotatable bonds is 1. The summed E-state index contributed by atoms with van der Waals surface area (Å²) in [5.74, 6) is -0.203. The van der Waals surface area contributed by atoms with E-state index in [0.717, 1.165) is 19.4 Å². The summed E-state index contributed by atoms with van der Waals surface area (Å²) in [6.45, 7) is 4.52. The van der Waals surface area contributed by atoms with Gasteiger partial charge in [0.2, 0.25) is 5.91 Å². The van der Waals surface area contributed by atoms with Crippen LogP contribution in [0.2, 0.25) is 0 Å². The number of halogens is 1. The first-order valence-corrected chi connectivity index (χ1v) is 8.83. The molecule has 2 fully saturated rings. The van der Waals surface area contributed by atoms with Crippen molar-refractivity contribution in [1.82, 2.24) is 14.7 Å². The molecule has 1 aromatic carbocycles. The van der Waals surface area contributed by atoms with Gasteiger partial charge in [-0.1, -0.05) is 0 Å². The van der Waals surface area contributed by atoms with Gasteiger partial charge >= 0.3 is 0 Å². The molecular formula is C19H26FN3O2. The van der Waals surface area contributed by atoms with Crippen molar-refractivity contribution in [2.45, 2.75) is 31.7 Å². The van der Waals surface area contributed by atoms with Crippen LogP contribution in [-0.4, -0.2) is 72.3 Å². The van der Waals surface area contributed by atoms with Crippen molar-refractivity contribution in [1.29, 1.82) is 0 Å². The van der Waals surface area contributed by atoms with Crippen LogP contribution in [-0.2, 0) is 4.79 Å². The summed E-state index contributed by atoms with van der Waals surface area (Å²) in [6.07, 6.45) is 2.13. The lowest BCUT2D eigenvalue weighted by Crippen LogP contribution is -2.62. The molecule has 2 aliphatic heterocycles. The van der Waals surface area contributed by atoms with Crippen LogP contribution in [0.5, 0.6) is 0 Å². The number of likely N-dealkylation sites (tertiary alicyclic amines) is 1. The average molecular weight is 347 g/mol. The van der Waals surface area contributed by atoms with E-state index in [2.05, 4.69) is 11.9 Å². The molecule has 0 unspecified atom stereocenters. The van der Waals surface area contributed by atoms with Crippen molar-refractivity contribution in [3.8, 4) is 0 Å². The highest BCUT2D eigenvalue weighted by molar-refractivity contribution is 5.95. The lowest BCUT2D eigenvalue weighted by molar-refractivity contribution is -0.129. The first-order valence-electron chi connectivity index (χ1n) is 8.83. The molecule has 0 saturated carbocycles. The first kappa shape index (κ1) is 17.9. The fraction of sp³-hybridized carbons (Fsp3) is 0.579. The van der Waals surface area contributed by atoms with Crippen molar-refractivity contribution in [3.05, 3.63) is 35.1 Å². The van der Waals surface area contributed by atoms with Crippen LogP contribution in [0.1, 0.15) is 35.2 Å². The molecule has 0 aromatic heterocycles. The van der Waals surface area contributed by atoms with Crippen LogP contribution in [0.3, 0.4) is 0 Å². The van der Waals surface area contributed by atoms with Gasteiger partial charge in [0.15, 0.2) is 0 Å². The van der Waals surface area contributed by atoms with Crippen LogP contribution >= 0.6 is 0 Å². The molecule has 1 aromatic rings. The van der Waals surface area contributed by atoms with Gasteiger partial charge in [-0.3, -0.25) is 14.5 Å². The molecule has 0 N–H and O–H groups in total. The van der Waals surface area contributed by atoms with E-state index in [4.69, 9.17) is 0 Å². The third kappa shape index (κ3) is 3.40. The monoisotopic (exact) mass is 347 g/mol. The Bertz CT molecular complexity index is 693. The number of nitrogens with zero attached hydrogens (tertiary/aromatic N) is 3. The maximum Gasteiger partial charge on any atom is 0.254 e. The Balaban J connectivity index is 1.82. The van der Waals surface area contributed by atoms with Gasteiger partial charge in [0, 0.05) is 50.7 Å². The van der Waals surface area contributed by atoms with E-state index in [0.29, 0.717) is 37.2 Å². The van der Waals surface area contributed by atoms with E-state index < -0.39 is 0 Å². The highest BCUT2D eigenvalue weighted by Crippen LogP contribution is 2.32. The van der Waals surface area contributed by atoms with Crippen LogP contribution in [0.15, 0.2) is 18.2 Å². The lowest BCUT2D eigenvalue weighted by atomic mass is 9.86. The van der Waals surface area contributed by atoms with E-state index in [1.807, 2.05) is 11.9 Å². The number of likely N-dealkylation sites (N-methyl/N-ethyl adjacent to an activating group) is 1. The van der Waals surface area contributed by atoms with Crippen molar-refractivity contribution in [2.75, 3.05) is 40.3 Å². The number of hydrogen-bond donors (Lipinski definition) is 0. The number of aryl methyl sites for hydroxylation is 1. The van der Waals surface area contributed by atoms with Gasteiger partial charge in [0.25, 0.3) is 5.91 Å². The Kier molecular flexibility index (Phi) is 4.82. The summed E-state index contributed by atoms with van der Waals surface area (Å²) in [4.78, 5) is 31.0. The Hall–Kier alpha value is -1.95. The van der Waals surface area contributed by atoms with E-state index in [1.165, 1.54) is 12.1 Å². The smallest absolute Gasteiger partial charge is 0.254 e. The van der Waals surface area contributed by atoms with Crippen molar-refractivity contribution in [3.63, 3.8) is 0 Å². The minimum Gasteiger partial charge on any atom is -0.346 e. The molecule has 1 spiro atoms. The molecule has 2 amide bonds. The molecule has 0 aliphatic carbocycles. The zero-order valence-electron chi connectivity index (χ0n) is 15.2.